The molecule has 1 atom stereocenters. The number of hydrogen-bond acceptors (Lipinski definition) is 2. The van der Waals surface area contributed by atoms with Crippen LogP contribution in [0.25, 0.3) is 0 Å². The lowest BCUT2D eigenvalue weighted by Gasteiger charge is -2.06. The molecule has 0 spiro atoms. The highest BCUT2D eigenvalue weighted by atomic mass is 16.5. The normalized spacial score (nSPS) is 21.1. The molecule has 0 bridgehead atoms. The summed E-state index contributed by atoms with van der Waals surface area (Å²) >= 11 is 0. The average Bonchev–Trinajstić information content (AvgIpc) is 2.44. The number of fused-ring (bicyclic) bond motifs is 1. The van der Waals surface area contributed by atoms with Crippen LogP contribution in [0, 0.1) is 0 Å². The van der Waals surface area contributed by atoms with Gasteiger partial charge in [-0.05, 0) is 5.56 Å². The van der Waals surface area contributed by atoms with Crippen LogP contribution < -0.4 is 0 Å². The maximum atomic E-state index is 11.4. The molecule has 12 heavy (non-hydrogen) atoms. The molecule has 1 aromatic rings. The second-order valence-electron chi connectivity index (χ2n) is 2.94. The predicted molar refractivity (Wildman–Crippen MR) is 45.1 cm³/mol. The summed E-state index contributed by atoms with van der Waals surface area (Å²) in [5.74, 6) is 0.192. The van der Waals surface area contributed by atoms with E-state index in [2.05, 4.69) is 0 Å². The van der Waals surface area contributed by atoms with E-state index in [0.717, 1.165) is 11.1 Å². The molecule has 2 nitrogen and oxygen atoms in total. The number of benzene rings is 1. The van der Waals surface area contributed by atoms with E-state index in [1.807, 2.05) is 24.3 Å². The quantitative estimate of drug-likeness (QED) is 0.631. The Morgan fingerprint density at radius 1 is 1.42 bits per heavy atom. The molecule has 0 fully saturated rings. The Morgan fingerprint density at radius 2 is 2.17 bits per heavy atom. The fraction of sp³-hybridized carbons (Fsp3) is 0.300. The summed E-state index contributed by atoms with van der Waals surface area (Å²) in [6.45, 7) is 0. The Hall–Kier alpha value is -1.15. The Kier molecular flexibility index (Phi) is 1.70. The van der Waals surface area contributed by atoms with E-state index in [1.165, 1.54) is 0 Å². The number of ketones is 1. The third-order valence-electron chi connectivity index (χ3n) is 2.26. The Balaban J connectivity index is 2.50. The van der Waals surface area contributed by atoms with Gasteiger partial charge in [-0.25, -0.2) is 0 Å². The van der Waals surface area contributed by atoms with Crippen LogP contribution in [0.3, 0.4) is 0 Å². The minimum absolute atomic E-state index is 0.0197. The minimum atomic E-state index is -0.0197. The highest BCUT2D eigenvalue weighted by molar-refractivity contribution is 6.00. The van der Waals surface area contributed by atoms with Crippen LogP contribution in [0.4, 0.5) is 0 Å². The Bertz CT molecular complexity index is 317. The molecule has 2 rings (SSSR count). The van der Waals surface area contributed by atoms with Crippen LogP contribution in [0.15, 0.2) is 24.3 Å². The molecule has 0 aliphatic heterocycles. The van der Waals surface area contributed by atoms with Crippen molar-refractivity contribution in [3.05, 3.63) is 35.4 Å². The largest absolute Gasteiger partial charge is 0.376 e. The number of rotatable bonds is 1. The molecule has 1 unspecified atom stereocenters. The van der Waals surface area contributed by atoms with Gasteiger partial charge in [0.25, 0.3) is 0 Å². The summed E-state index contributed by atoms with van der Waals surface area (Å²) in [6, 6.07) is 7.63. The van der Waals surface area contributed by atoms with Crippen LogP contribution in [0.5, 0.6) is 0 Å². The number of carbonyl (C=O) groups excluding carboxylic acids is 1. The molecule has 1 aromatic carbocycles. The fourth-order valence-corrected chi connectivity index (χ4v) is 1.63. The van der Waals surface area contributed by atoms with E-state index in [4.69, 9.17) is 4.74 Å². The van der Waals surface area contributed by atoms with Crippen molar-refractivity contribution in [3.8, 4) is 0 Å². The standard InChI is InChI=1S/C10H10O2/c1-12-10-6-9(11)7-4-2-3-5-8(7)10/h2-5,10H,6H2,1H3. The van der Waals surface area contributed by atoms with Gasteiger partial charge in [-0.2, -0.15) is 0 Å². The van der Waals surface area contributed by atoms with Gasteiger partial charge in [0.15, 0.2) is 5.78 Å². The fourth-order valence-electron chi connectivity index (χ4n) is 1.63. The average molecular weight is 162 g/mol. The predicted octanol–water partition coefficient (Wildman–Crippen LogP) is 1.96. The Morgan fingerprint density at radius 3 is 2.92 bits per heavy atom. The second-order valence-corrected chi connectivity index (χ2v) is 2.94. The second kappa shape index (κ2) is 2.72. The van der Waals surface area contributed by atoms with Gasteiger partial charge in [0.05, 0.1) is 6.10 Å². The molecule has 62 valence electrons. The van der Waals surface area contributed by atoms with Gasteiger partial charge in [-0.1, -0.05) is 24.3 Å². The maximum absolute atomic E-state index is 11.4. The van der Waals surface area contributed by atoms with Gasteiger partial charge in [-0.15, -0.1) is 0 Å². The molecule has 1 aliphatic carbocycles. The number of methoxy groups -OCH3 is 1. The topological polar surface area (TPSA) is 26.3 Å². The highest BCUT2D eigenvalue weighted by Gasteiger charge is 2.28. The maximum Gasteiger partial charge on any atom is 0.166 e. The molecule has 1 aliphatic rings. The summed E-state index contributed by atoms with van der Waals surface area (Å²) in [5.41, 5.74) is 1.86. The lowest BCUT2D eigenvalue weighted by atomic mass is 10.1. The summed E-state index contributed by atoms with van der Waals surface area (Å²) in [4.78, 5) is 11.4. The highest BCUT2D eigenvalue weighted by Crippen LogP contribution is 2.32. The summed E-state index contributed by atoms with van der Waals surface area (Å²) in [7, 11) is 1.64. The molecule has 0 radical (unpaired) electrons. The third kappa shape index (κ3) is 0.959. The van der Waals surface area contributed by atoms with E-state index in [1.54, 1.807) is 7.11 Å². The van der Waals surface area contributed by atoms with Crippen LogP contribution in [0.1, 0.15) is 28.4 Å². The smallest absolute Gasteiger partial charge is 0.166 e. The lowest BCUT2D eigenvalue weighted by Crippen LogP contribution is -1.95. The number of hydrogen-bond donors (Lipinski definition) is 0. The zero-order valence-electron chi connectivity index (χ0n) is 6.91. The van der Waals surface area contributed by atoms with Crippen molar-refractivity contribution in [1.82, 2.24) is 0 Å². The molecule has 0 N–H and O–H groups in total. The first kappa shape index (κ1) is 7.50. The molecular weight excluding hydrogens is 152 g/mol. The molecular formula is C10H10O2. The minimum Gasteiger partial charge on any atom is -0.376 e. The van der Waals surface area contributed by atoms with Crippen molar-refractivity contribution in [2.75, 3.05) is 7.11 Å². The van der Waals surface area contributed by atoms with Crippen LogP contribution in [-0.2, 0) is 4.74 Å². The van der Waals surface area contributed by atoms with E-state index in [-0.39, 0.29) is 11.9 Å². The molecule has 0 saturated heterocycles. The summed E-state index contributed by atoms with van der Waals surface area (Å²) in [5, 5.41) is 0. The zero-order valence-corrected chi connectivity index (χ0v) is 6.91. The number of ether oxygens (including phenoxy) is 1. The van der Waals surface area contributed by atoms with Crippen molar-refractivity contribution in [2.45, 2.75) is 12.5 Å². The first-order valence-electron chi connectivity index (χ1n) is 3.98. The van der Waals surface area contributed by atoms with Crippen LogP contribution in [0.2, 0.25) is 0 Å². The van der Waals surface area contributed by atoms with Gasteiger partial charge in [0, 0.05) is 19.1 Å². The summed E-state index contributed by atoms with van der Waals surface area (Å²) in [6.07, 6.45) is 0.476. The van der Waals surface area contributed by atoms with E-state index in [9.17, 15) is 4.79 Å². The van der Waals surface area contributed by atoms with E-state index >= 15 is 0 Å². The van der Waals surface area contributed by atoms with Gasteiger partial charge in [-0.3, -0.25) is 4.79 Å². The lowest BCUT2D eigenvalue weighted by molar-refractivity contribution is 0.0812. The van der Waals surface area contributed by atoms with Crippen molar-refractivity contribution < 1.29 is 9.53 Å². The monoisotopic (exact) mass is 162 g/mol. The molecule has 2 heteroatoms. The molecule has 0 heterocycles. The molecule has 0 amide bonds. The first-order valence-corrected chi connectivity index (χ1v) is 3.98. The Labute approximate surface area is 71.2 Å². The first-order chi connectivity index (χ1) is 5.83. The molecule has 0 saturated carbocycles. The zero-order chi connectivity index (χ0) is 8.55. The SMILES string of the molecule is COC1CC(=O)c2ccccc21. The van der Waals surface area contributed by atoms with Gasteiger partial charge < -0.3 is 4.74 Å². The number of carbonyl (C=O) groups is 1. The van der Waals surface area contributed by atoms with Crippen LogP contribution in [-0.4, -0.2) is 12.9 Å². The third-order valence-corrected chi connectivity index (χ3v) is 2.26. The van der Waals surface area contributed by atoms with Crippen LogP contribution >= 0.6 is 0 Å². The van der Waals surface area contributed by atoms with Crippen molar-refractivity contribution >= 4 is 5.78 Å². The molecule has 0 aromatic heterocycles. The van der Waals surface area contributed by atoms with E-state index in [0.29, 0.717) is 6.42 Å². The van der Waals surface area contributed by atoms with Gasteiger partial charge in [0.2, 0.25) is 0 Å². The van der Waals surface area contributed by atoms with Crippen molar-refractivity contribution in [3.63, 3.8) is 0 Å². The van der Waals surface area contributed by atoms with Crippen molar-refractivity contribution in [1.29, 1.82) is 0 Å². The van der Waals surface area contributed by atoms with Crippen molar-refractivity contribution in [2.24, 2.45) is 0 Å². The van der Waals surface area contributed by atoms with Gasteiger partial charge >= 0.3 is 0 Å². The van der Waals surface area contributed by atoms with Gasteiger partial charge in [0.1, 0.15) is 0 Å². The number of Topliss-reactive ketones (excluding diaryl/α,β-unsaturated/α-hetero) is 1. The van der Waals surface area contributed by atoms with E-state index < -0.39 is 0 Å². The summed E-state index contributed by atoms with van der Waals surface area (Å²) < 4.78 is 5.19.